The molecule has 6 atom stereocenters. The summed E-state index contributed by atoms with van der Waals surface area (Å²) in [5, 5.41) is 20.3. The Labute approximate surface area is 258 Å². The van der Waals surface area contributed by atoms with Gasteiger partial charge in [-0.05, 0) is 44.1 Å². The summed E-state index contributed by atoms with van der Waals surface area (Å²) in [5.41, 5.74) is 17.6. The van der Waals surface area contributed by atoms with Crippen LogP contribution in [0.25, 0.3) is 0 Å². The summed E-state index contributed by atoms with van der Waals surface area (Å²) in [6.45, 7) is 4.77. The van der Waals surface area contributed by atoms with E-state index in [0.29, 0.717) is 25.8 Å². The first kappa shape index (κ1) is 38.1. The third kappa shape index (κ3) is 14.1. The van der Waals surface area contributed by atoms with Crippen molar-refractivity contribution in [3.63, 3.8) is 0 Å². The summed E-state index contributed by atoms with van der Waals surface area (Å²) >= 11 is 0. The summed E-state index contributed by atoms with van der Waals surface area (Å²) < 4.78 is 0. The lowest BCUT2D eigenvalue weighted by atomic mass is 9.96. The van der Waals surface area contributed by atoms with Gasteiger partial charge >= 0.3 is 0 Å². The van der Waals surface area contributed by atoms with Gasteiger partial charge in [0.2, 0.25) is 29.5 Å². The second kappa shape index (κ2) is 20.1. The minimum atomic E-state index is -1.33. The number of aliphatic hydroxyl groups is 1. The lowest BCUT2D eigenvalue weighted by molar-refractivity contribution is -0.132. The lowest BCUT2D eigenvalue weighted by Crippen LogP contribution is -2.57. The minimum absolute atomic E-state index is 0.0672. The number of carbonyl (C=O) groups excluding carboxylic acids is 6. The second-order valence-corrected chi connectivity index (χ2v) is 11.0. The van der Waals surface area contributed by atoms with E-state index in [0.717, 1.165) is 5.56 Å². The van der Waals surface area contributed by atoms with Crippen LogP contribution in [0.3, 0.4) is 0 Å². The van der Waals surface area contributed by atoms with Gasteiger partial charge in [0.05, 0.1) is 24.7 Å². The highest BCUT2D eigenvalue weighted by Gasteiger charge is 2.28. The molecule has 0 fully saturated rings. The van der Waals surface area contributed by atoms with Crippen molar-refractivity contribution in [3.05, 3.63) is 35.9 Å². The van der Waals surface area contributed by atoms with Crippen LogP contribution in [-0.4, -0.2) is 83.8 Å². The largest absolute Gasteiger partial charge is 0.394 e. The molecule has 0 aliphatic rings. The van der Waals surface area contributed by atoms with Crippen LogP contribution in [0.4, 0.5) is 0 Å². The number of benzene rings is 1. The number of unbranched alkanes of at least 4 members (excludes halogenated alkanes) is 1. The molecule has 0 radical (unpaired) electrons. The number of carbonyl (C=O) groups is 6. The zero-order valence-electron chi connectivity index (χ0n) is 25.8. The van der Waals surface area contributed by atoms with Crippen molar-refractivity contribution in [1.29, 1.82) is 0 Å². The highest BCUT2D eigenvalue weighted by Crippen LogP contribution is 2.11. The van der Waals surface area contributed by atoms with Crippen LogP contribution in [0.15, 0.2) is 30.3 Å². The quantitative estimate of drug-likeness (QED) is 0.0704. The second-order valence-electron chi connectivity index (χ2n) is 11.0. The molecule has 1 aromatic carbocycles. The summed E-state index contributed by atoms with van der Waals surface area (Å²) in [6, 6.07) is 4.22. The van der Waals surface area contributed by atoms with E-state index in [1.807, 2.05) is 19.9 Å². The number of primary amides is 2. The predicted octanol–water partition coefficient (Wildman–Crippen LogP) is -1.48. The van der Waals surface area contributed by atoms with Gasteiger partial charge in [0, 0.05) is 19.4 Å². The van der Waals surface area contributed by atoms with Gasteiger partial charge in [0.1, 0.15) is 17.9 Å². The van der Waals surface area contributed by atoms with Gasteiger partial charge in [-0.25, -0.2) is 0 Å². The number of nitrogens with one attached hydrogen (secondary N) is 4. The number of rotatable bonds is 22. The fourth-order valence-electron chi connectivity index (χ4n) is 4.41. The monoisotopic (exact) mass is 619 g/mol. The lowest BCUT2D eigenvalue weighted by Gasteiger charge is -2.26. The Morgan fingerprint density at radius 2 is 1.50 bits per heavy atom. The standard InChI is InChI=1S/C30H49N7O7/c1-4-18(2)26(28(33)42)35-22(19(3)39)13-14-25(40)34-15-9-8-12-21(31)29(43)37-24(17-38)30(44)36-23(27(32)41)16-20-10-6-5-7-11-20/h5-7,10-11,18,21-24,26,35,38H,4,8-9,12-17,31H2,1-3H3,(H2,32,41)(H2,33,42)(H,34,40)(H,36,44)(H,37,43)/t18-,21?,22?,23-,24-,26-/m0/s1. The van der Waals surface area contributed by atoms with Crippen LogP contribution >= 0.6 is 0 Å². The molecule has 1 rings (SSSR count). The summed E-state index contributed by atoms with van der Waals surface area (Å²) in [7, 11) is 0. The molecule has 14 nitrogen and oxygen atoms in total. The molecule has 246 valence electrons. The third-order valence-electron chi connectivity index (χ3n) is 7.41. The molecule has 11 N–H and O–H groups in total. The first-order valence-electron chi connectivity index (χ1n) is 14.9. The number of hydrogen-bond acceptors (Lipinski definition) is 9. The van der Waals surface area contributed by atoms with Gasteiger partial charge in [-0.2, -0.15) is 0 Å². The summed E-state index contributed by atoms with van der Waals surface area (Å²) in [6.07, 6.45) is 2.37. The average molecular weight is 620 g/mol. The summed E-state index contributed by atoms with van der Waals surface area (Å²) in [5.74, 6) is -3.27. The zero-order chi connectivity index (χ0) is 33.2. The SMILES string of the molecule is CC[C@H](C)[C@H](NC(CCC(=O)NCCCCC(N)C(=O)N[C@@H](CO)C(=O)N[C@@H](Cc1ccccc1)C(N)=O)C(C)=O)C(N)=O. The van der Waals surface area contributed by atoms with Crippen LogP contribution in [0, 0.1) is 5.92 Å². The smallest absolute Gasteiger partial charge is 0.245 e. The van der Waals surface area contributed by atoms with E-state index in [-0.39, 0.29) is 43.3 Å². The van der Waals surface area contributed by atoms with E-state index in [1.165, 1.54) is 6.92 Å². The maximum absolute atomic E-state index is 12.6. The van der Waals surface area contributed by atoms with Crippen molar-refractivity contribution in [2.75, 3.05) is 13.2 Å². The predicted molar refractivity (Wildman–Crippen MR) is 164 cm³/mol. The first-order valence-corrected chi connectivity index (χ1v) is 14.9. The average Bonchev–Trinajstić information content (AvgIpc) is 2.98. The Balaban J connectivity index is 2.44. The van der Waals surface area contributed by atoms with E-state index < -0.39 is 60.4 Å². The number of Topliss-reactive ketones (excluding diaryl/α,β-unsaturated/α-hetero) is 1. The Morgan fingerprint density at radius 1 is 0.864 bits per heavy atom. The summed E-state index contributed by atoms with van der Waals surface area (Å²) in [4.78, 5) is 73.2. The van der Waals surface area contributed by atoms with Gasteiger partial charge in [0.25, 0.3) is 0 Å². The molecule has 0 aliphatic heterocycles. The van der Waals surface area contributed by atoms with Crippen LogP contribution in [0.5, 0.6) is 0 Å². The third-order valence-corrected chi connectivity index (χ3v) is 7.41. The molecule has 0 bridgehead atoms. The molecule has 0 aliphatic carbocycles. The molecule has 44 heavy (non-hydrogen) atoms. The first-order chi connectivity index (χ1) is 20.8. The van der Waals surface area contributed by atoms with Crippen molar-refractivity contribution >= 4 is 35.3 Å². The maximum atomic E-state index is 12.6. The highest BCUT2D eigenvalue weighted by atomic mass is 16.3. The number of ketones is 1. The van der Waals surface area contributed by atoms with Crippen LogP contribution in [0.1, 0.15) is 64.9 Å². The Kier molecular flexibility index (Phi) is 17.5. The number of nitrogens with two attached hydrogens (primary N) is 3. The molecular weight excluding hydrogens is 570 g/mol. The fraction of sp³-hybridized carbons (Fsp3) is 0.600. The van der Waals surface area contributed by atoms with Crippen molar-refractivity contribution in [2.24, 2.45) is 23.1 Å². The van der Waals surface area contributed by atoms with Gasteiger partial charge < -0.3 is 38.3 Å². The normalized spacial score (nSPS) is 15.1. The number of amides is 5. The van der Waals surface area contributed by atoms with Crippen LogP contribution in [0.2, 0.25) is 0 Å². The van der Waals surface area contributed by atoms with E-state index in [2.05, 4.69) is 21.3 Å². The van der Waals surface area contributed by atoms with Crippen LogP contribution in [-0.2, 0) is 35.2 Å². The van der Waals surface area contributed by atoms with Crippen molar-refractivity contribution in [3.8, 4) is 0 Å². The van der Waals surface area contributed by atoms with Gasteiger partial charge in [-0.15, -0.1) is 0 Å². The van der Waals surface area contributed by atoms with Crippen molar-refractivity contribution in [1.82, 2.24) is 21.3 Å². The fourth-order valence-corrected chi connectivity index (χ4v) is 4.41. The molecule has 5 amide bonds. The van der Waals surface area contributed by atoms with E-state index in [9.17, 15) is 33.9 Å². The van der Waals surface area contributed by atoms with Crippen molar-refractivity contribution in [2.45, 2.75) is 95.9 Å². The number of aliphatic hydroxyl groups excluding tert-OH is 1. The molecule has 14 heteroatoms. The van der Waals surface area contributed by atoms with Crippen LogP contribution < -0.4 is 38.5 Å². The van der Waals surface area contributed by atoms with E-state index in [1.54, 1.807) is 24.3 Å². The molecule has 0 saturated heterocycles. The Morgan fingerprint density at radius 3 is 2.05 bits per heavy atom. The zero-order valence-corrected chi connectivity index (χ0v) is 25.8. The van der Waals surface area contributed by atoms with Gasteiger partial charge in [-0.3, -0.25) is 34.1 Å². The maximum Gasteiger partial charge on any atom is 0.245 e. The molecule has 0 aromatic heterocycles. The topological polar surface area (TPSA) is 249 Å². The van der Waals surface area contributed by atoms with E-state index >= 15 is 0 Å². The van der Waals surface area contributed by atoms with Gasteiger partial charge in [-0.1, -0.05) is 50.6 Å². The van der Waals surface area contributed by atoms with Crippen molar-refractivity contribution < 1.29 is 33.9 Å². The molecule has 2 unspecified atom stereocenters. The molecule has 1 aromatic rings. The number of hydrogen-bond donors (Lipinski definition) is 8. The molecular formula is C30H49N7O7. The Bertz CT molecular complexity index is 1100. The molecule has 0 heterocycles. The van der Waals surface area contributed by atoms with Gasteiger partial charge in [0.15, 0.2) is 0 Å². The van der Waals surface area contributed by atoms with E-state index in [4.69, 9.17) is 17.2 Å². The minimum Gasteiger partial charge on any atom is -0.394 e. The molecule has 0 saturated carbocycles. The highest BCUT2D eigenvalue weighted by molar-refractivity contribution is 5.92. The molecule has 0 spiro atoms. The Hall–Kier alpha value is -3.88.